The minimum absolute atomic E-state index is 0.851. The summed E-state index contributed by atoms with van der Waals surface area (Å²) in [4.78, 5) is 5.78. The molecule has 41 heavy (non-hydrogen) atoms. The van der Waals surface area contributed by atoms with Crippen molar-refractivity contribution >= 4 is 144 Å². The van der Waals surface area contributed by atoms with Gasteiger partial charge >= 0.3 is 0 Å². The van der Waals surface area contributed by atoms with Crippen LogP contribution in [0.15, 0.2) is 71.8 Å². The van der Waals surface area contributed by atoms with E-state index in [1.54, 1.807) is 0 Å². The second-order valence-electron chi connectivity index (χ2n) is 10.3. The Balaban J connectivity index is 1.24. The zero-order valence-electron chi connectivity index (χ0n) is 21.8. The van der Waals surface area contributed by atoms with Gasteiger partial charge in [0.25, 0.3) is 0 Å². The van der Waals surface area contributed by atoms with Gasteiger partial charge in [-0.25, -0.2) is 0 Å². The third-order valence-corrected chi connectivity index (χ3v) is 13.4. The molecule has 0 radical (unpaired) electrons. The molecule has 0 aliphatic heterocycles. The molecule has 0 unspecified atom stereocenters. The van der Waals surface area contributed by atoms with Crippen molar-refractivity contribution in [1.29, 1.82) is 0 Å². The molecule has 8 rings (SSSR count). The zero-order chi connectivity index (χ0) is 28.2. The highest BCUT2D eigenvalue weighted by molar-refractivity contribution is 7.84. The van der Waals surface area contributed by atoms with Crippen molar-refractivity contribution in [3.8, 4) is 0 Å². The Morgan fingerprint density at radius 1 is 0.537 bits per heavy atom. The molecule has 3 aromatic carbocycles. The molecule has 0 N–H and O–H groups in total. The second-order valence-corrected chi connectivity index (χ2v) is 15.2. The van der Waals surface area contributed by atoms with Crippen LogP contribution in [0.3, 0.4) is 0 Å². The Labute approximate surface area is 270 Å². The molecule has 6 aromatic rings. The van der Waals surface area contributed by atoms with E-state index in [-0.39, 0.29) is 0 Å². The SMILES string of the molecule is Cc1c2cc(C=C3C(=S)c4ccccc4C3=S)sc2c(C)c2c1sc1cc(C=C3C(=S)c4ccccc4C3=S)sc12. The van der Waals surface area contributed by atoms with Gasteiger partial charge in [0.1, 0.15) is 0 Å². The Hall–Kier alpha value is -2.62. The summed E-state index contributed by atoms with van der Waals surface area (Å²) in [5.74, 6) is 0. The smallest absolute Gasteiger partial charge is 0.0543 e. The molecule has 0 saturated carbocycles. The molecular formula is C34H18S7. The third kappa shape index (κ3) is 3.77. The zero-order valence-corrected chi connectivity index (χ0v) is 27.5. The quantitative estimate of drug-likeness (QED) is 0.135. The van der Waals surface area contributed by atoms with E-state index in [0.717, 1.165) is 52.9 Å². The van der Waals surface area contributed by atoms with Gasteiger partial charge < -0.3 is 0 Å². The van der Waals surface area contributed by atoms with Gasteiger partial charge in [-0.1, -0.05) is 97.4 Å². The average molecular weight is 651 g/mol. The molecule has 196 valence electrons. The summed E-state index contributed by atoms with van der Waals surface area (Å²) >= 11 is 28.8. The van der Waals surface area contributed by atoms with Gasteiger partial charge in [-0.3, -0.25) is 0 Å². The number of thiophene rings is 3. The number of allylic oxidation sites excluding steroid dienone is 2. The fourth-order valence-corrected chi connectivity index (χ4v) is 11.3. The summed E-state index contributed by atoms with van der Waals surface area (Å²) < 4.78 is 5.35. The largest absolute Gasteiger partial charge is 0.136 e. The van der Waals surface area contributed by atoms with E-state index in [2.05, 4.69) is 62.4 Å². The molecule has 7 heteroatoms. The van der Waals surface area contributed by atoms with E-state index in [1.807, 2.05) is 58.3 Å². The first-order chi connectivity index (χ1) is 19.8. The lowest BCUT2D eigenvalue weighted by atomic mass is 10.0. The molecule has 0 saturated heterocycles. The van der Waals surface area contributed by atoms with Crippen LogP contribution in [0.1, 0.15) is 43.1 Å². The Bertz CT molecular complexity index is 2220. The normalized spacial score (nSPS) is 14.7. The first kappa shape index (κ1) is 26.0. The number of aryl methyl sites for hydroxylation is 2. The van der Waals surface area contributed by atoms with Crippen LogP contribution < -0.4 is 0 Å². The lowest BCUT2D eigenvalue weighted by molar-refractivity contribution is 1.59. The van der Waals surface area contributed by atoms with Gasteiger partial charge in [0.15, 0.2) is 0 Å². The molecule has 0 bridgehead atoms. The number of hydrogen-bond acceptors (Lipinski definition) is 7. The predicted molar refractivity (Wildman–Crippen MR) is 198 cm³/mol. The van der Waals surface area contributed by atoms with E-state index in [4.69, 9.17) is 48.9 Å². The van der Waals surface area contributed by atoms with Gasteiger partial charge in [0.2, 0.25) is 0 Å². The van der Waals surface area contributed by atoms with Crippen LogP contribution in [-0.4, -0.2) is 19.5 Å². The van der Waals surface area contributed by atoms with Gasteiger partial charge in [0.05, 0.1) is 24.2 Å². The van der Waals surface area contributed by atoms with Gasteiger partial charge in [0, 0.05) is 62.6 Å². The third-order valence-electron chi connectivity index (χ3n) is 7.98. The second kappa shape index (κ2) is 9.44. The van der Waals surface area contributed by atoms with E-state index in [9.17, 15) is 0 Å². The van der Waals surface area contributed by atoms with E-state index >= 15 is 0 Å². The highest BCUT2D eigenvalue weighted by atomic mass is 32.1. The van der Waals surface area contributed by atoms with Crippen LogP contribution in [0.4, 0.5) is 0 Å². The van der Waals surface area contributed by atoms with Gasteiger partial charge in [-0.05, 0) is 54.6 Å². The van der Waals surface area contributed by atoms with Crippen LogP contribution in [0.25, 0.3) is 41.7 Å². The molecule has 0 fully saturated rings. The van der Waals surface area contributed by atoms with Crippen molar-refractivity contribution in [1.82, 2.24) is 0 Å². The monoisotopic (exact) mass is 650 g/mol. The molecule has 3 aromatic heterocycles. The van der Waals surface area contributed by atoms with Crippen LogP contribution in [-0.2, 0) is 0 Å². The summed E-state index contributed by atoms with van der Waals surface area (Å²) in [6, 6.07) is 21.0. The Kier molecular flexibility index (Phi) is 6.00. The number of rotatable bonds is 2. The highest BCUT2D eigenvalue weighted by Crippen LogP contribution is 2.48. The molecule has 0 spiro atoms. The van der Waals surface area contributed by atoms with E-state index in [1.165, 1.54) is 50.5 Å². The Morgan fingerprint density at radius 2 is 1.00 bits per heavy atom. The van der Waals surface area contributed by atoms with Crippen molar-refractivity contribution in [3.05, 3.63) is 115 Å². The maximum atomic E-state index is 5.83. The minimum atomic E-state index is 0.851. The molecule has 3 heterocycles. The molecule has 0 nitrogen and oxygen atoms in total. The summed E-state index contributed by atoms with van der Waals surface area (Å²) in [5, 5.41) is 2.68. The van der Waals surface area contributed by atoms with Crippen molar-refractivity contribution in [2.24, 2.45) is 0 Å². The predicted octanol–water partition coefficient (Wildman–Crippen LogP) is 11.0. The van der Waals surface area contributed by atoms with Gasteiger partial charge in [-0.15, -0.1) is 34.0 Å². The molecule has 2 aliphatic carbocycles. The van der Waals surface area contributed by atoms with Crippen LogP contribution in [0.2, 0.25) is 0 Å². The number of fused-ring (bicyclic) bond motifs is 6. The molecule has 0 amide bonds. The van der Waals surface area contributed by atoms with Crippen molar-refractivity contribution in [2.75, 3.05) is 0 Å². The fourth-order valence-electron chi connectivity index (χ4n) is 5.95. The van der Waals surface area contributed by atoms with E-state index in [0.29, 0.717) is 0 Å². The van der Waals surface area contributed by atoms with Crippen LogP contribution in [0.5, 0.6) is 0 Å². The lowest BCUT2D eigenvalue weighted by Gasteiger charge is -2.04. The fraction of sp³-hybridized carbons (Fsp3) is 0.0588. The Morgan fingerprint density at radius 3 is 1.51 bits per heavy atom. The van der Waals surface area contributed by atoms with Crippen LogP contribution >= 0.6 is 82.9 Å². The minimum Gasteiger partial charge on any atom is -0.136 e. The summed E-state index contributed by atoms with van der Waals surface area (Å²) in [7, 11) is 0. The average Bonchev–Trinajstić information content (AvgIpc) is 3.76. The highest BCUT2D eigenvalue weighted by Gasteiger charge is 2.28. The maximum absolute atomic E-state index is 5.83. The summed E-state index contributed by atoms with van der Waals surface area (Å²) in [5.41, 5.74) is 8.94. The summed E-state index contributed by atoms with van der Waals surface area (Å²) in [6.45, 7) is 4.52. The summed E-state index contributed by atoms with van der Waals surface area (Å²) in [6.07, 6.45) is 4.38. The maximum Gasteiger partial charge on any atom is 0.0543 e. The first-order valence-corrected chi connectivity index (χ1v) is 17.1. The lowest BCUT2D eigenvalue weighted by Crippen LogP contribution is -1.97. The van der Waals surface area contributed by atoms with Crippen molar-refractivity contribution < 1.29 is 0 Å². The topological polar surface area (TPSA) is 0 Å². The standard InChI is InChI=1S/C34H18S7/c1-15-23-11-17(12-24-28(35)19-7-3-4-8-20(19)29(24)36)39-32(23)16(2)27-33(15)41-26-14-18(40-34(26)27)13-25-30(37)21-9-5-6-10-22(21)31(25)38/h3-14H,1-2H3. The van der Waals surface area contributed by atoms with E-state index < -0.39 is 0 Å². The number of hydrogen-bond donors (Lipinski definition) is 0. The molecule has 0 atom stereocenters. The number of benzene rings is 3. The van der Waals surface area contributed by atoms with Crippen molar-refractivity contribution in [2.45, 2.75) is 13.8 Å². The molecular weight excluding hydrogens is 633 g/mol. The number of thiocarbonyl (C=S) groups is 4. The van der Waals surface area contributed by atoms with Crippen molar-refractivity contribution in [3.63, 3.8) is 0 Å². The van der Waals surface area contributed by atoms with Crippen LogP contribution in [0, 0.1) is 13.8 Å². The molecule has 2 aliphatic rings. The van der Waals surface area contributed by atoms with Gasteiger partial charge in [-0.2, -0.15) is 0 Å². The first-order valence-electron chi connectivity index (χ1n) is 13.0.